The molecule has 0 fully saturated rings. The number of esters is 3. The van der Waals surface area contributed by atoms with Gasteiger partial charge in [0, 0.05) is 19.3 Å². The summed E-state index contributed by atoms with van der Waals surface area (Å²) in [6, 6.07) is 0. The van der Waals surface area contributed by atoms with E-state index in [9.17, 15) is 14.4 Å². The molecule has 70 heavy (non-hydrogen) atoms. The number of rotatable bonds is 60. The van der Waals surface area contributed by atoms with Crippen LogP contribution < -0.4 is 0 Å². The van der Waals surface area contributed by atoms with Crippen LogP contribution in [0.5, 0.6) is 0 Å². The Labute approximate surface area is 438 Å². The van der Waals surface area contributed by atoms with E-state index in [0.29, 0.717) is 19.3 Å². The normalized spacial score (nSPS) is 11.9. The summed E-state index contributed by atoms with van der Waals surface area (Å²) < 4.78 is 16.9. The van der Waals surface area contributed by atoms with Crippen LogP contribution in [0, 0.1) is 0 Å². The van der Waals surface area contributed by atoms with Gasteiger partial charge in [0.05, 0.1) is 0 Å². The first-order chi connectivity index (χ1) is 34.5. The molecule has 0 aromatic heterocycles. The number of hydrogen-bond donors (Lipinski definition) is 0. The lowest BCUT2D eigenvalue weighted by atomic mass is 10.0. The lowest BCUT2D eigenvalue weighted by molar-refractivity contribution is -0.167. The van der Waals surface area contributed by atoms with E-state index >= 15 is 0 Å². The van der Waals surface area contributed by atoms with E-state index in [4.69, 9.17) is 14.2 Å². The highest BCUT2D eigenvalue weighted by Gasteiger charge is 2.19. The minimum atomic E-state index is -0.761. The number of unbranched alkanes of at least 4 members (excludes halogenated alkanes) is 49. The standard InChI is InChI=1S/C64H124O6/c1-4-7-10-13-16-19-22-25-27-28-29-30-31-32-33-34-35-37-39-42-45-48-51-54-57-63(66)69-60-61(59-68-62(65)56-53-50-47-44-41-38-24-21-18-15-12-9-6-3)70-64(67)58-55-52-49-46-43-40-36-26-23-20-17-14-11-8-5-2/h61H,4-60H2,1-3H3. The van der Waals surface area contributed by atoms with Crippen molar-refractivity contribution in [2.24, 2.45) is 0 Å². The predicted molar refractivity (Wildman–Crippen MR) is 303 cm³/mol. The minimum Gasteiger partial charge on any atom is -0.462 e. The highest BCUT2D eigenvalue weighted by atomic mass is 16.6. The van der Waals surface area contributed by atoms with Gasteiger partial charge in [-0.25, -0.2) is 0 Å². The third-order valence-electron chi connectivity index (χ3n) is 14.9. The molecular formula is C64H124O6. The van der Waals surface area contributed by atoms with Gasteiger partial charge in [-0.1, -0.05) is 335 Å². The van der Waals surface area contributed by atoms with E-state index < -0.39 is 6.10 Å². The second-order valence-electron chi connectivity index (χ2n) is 22.1. The minimum absolute atomic E-state index is 0.0607. The molecule has 6 heteroatoms. The zero-order valence-corrected chi connectivity index (χ0v) is 47.8. The summed E-state index contributed by atoms with van der Waals surface area (Å²) in [5.41, 5.74) is 0. The van der Waals surface area contributed by atoms with Gasteiger partial charge in [0.25, 0.3) is 0 Å². The molecule has 1 atom stereocenters. The Kier molecular flexibility index (Phi) is 58.6. The van der Waals surface area contributed by atoms with E-state index in [1.807, 2.05) is 0 Å². The molecule has 1 unspecified atom stereocenters. The van der Waals surface area contributed by atoms with Gasteiger partial charge in [0.15, 0.2) is 6.10 Å². The lowest BCUT2D eigenvalue weighted by Gasteiger charge is -2.18. The third kappa shape index (κ3) is 57.3. The second-order valence-corrected chi connectivity index (χ2v) is 22.1. The molecule has 0 amide bonds. The summed E-state index contributed by atoms with van der Waals surface area (Å²) in [6.07, 6.45) is 68.3. The molecular weight excluding hydrogens is 865 g/mol. The molecule has 0 aliphatic heterocycles. The summed E-state index contributed by atoms with van der Waals surface area (Å²) in [5, 5.41) is 0. The molecule has 0 aliphatic carbocycles. The Hall–Kier alpha value is -1.59. The summed E-state index contributed by atoms with van der Waals surface area (Å²) in [4.78, 5) is 38.2. The number of carbonyl (C=O) groups excluding carboxylic acids is 3. The van der Waals surface area contributed by atoms with Crippen LogP contribution in [-0.4, -0.2) is 37.2 Å². The quantitative estimate of drug-likeness (QED) is 0.0343. The van der Waals surface area contributed by atoms with Crippen molar-refractivity contribution in [1.29, 1.82) is 0 Å². The Balaban J connectivity index is 4.18. The van der Waals surface area contributed by atoms with Gasteiger partial charge in [-0.15, -0.1) is 0 Å². The first kappa shape index (κ1) is 68.4. The van der Waals surface area contributed by atoms with Gasteiger partial charge >= 0.3 is 17.9 Å². The molecule has 0 heterocycles. The molecule has 0 bridgehead atoms. The Morgan fingerprint density at radius 2 is 0.386 bits per heavy atom. The van der Waals surface area contributed by atoms with Gasteiger partial charge in [-0.05, 0) is 19.3 Å². The Bertz CT molecular complexity index is 1040. The fraction of sp³-hybridized carbons (Fsp3) is 0.953. The van der Waals surface area contributed by atoms with E-state index in [-0.39, 0.29) is 31.1 Å². The monoisotopic (exact) mass is 989 g/mol. The van der Waals surface area contributed by atoms with Crippen LogP contribution in [-0.2, 0) is 28.6 Å². The highest BCUT2D eigenvalue weighted by molar-refractivity contribution is 5.71. The summed E-state index contributed by atoms with van der Waals surface area (Å²) >= 11 is 0. The molecule has 0 spiro atoms. The van der Waals surface area contributed by atoms with Gasteiger partial charge in [-0.2, -0.15) is 0 Å². The molecule has 0 aliphatic rings. The average molecular weight is 990 g/mol. The van der Waals surface area contributed by atoms with Crippen LogP contribution in [0.15, 0.2) is 0 Å². The maximum absolute atomic E-state index is 12.9. The summed E-state index contributed by atoms with van der Waals surface area (Å²) in [7, 11) is 0. The van der Waals surface area contributed by atoms with Crippen molar-refractivity contribution in [2.75, 3.05) is 13.2 Å². The smallest absolute Gasteiger partial charge is 0.306 e. The van der Waals surface area contributed by atoms with Crippen molar-refractivity contribution in [3.63, 3.8) is 0 Å². The summed E-state index contributed by atoms with van der Waals surface area (Å²) in [6.45, 7) is 6.72. The van der Waals surface area contributed by atoms with Crippen molar-refractivity contribution in [1.82, 2.24) is 0 Å². The second kappa shape index (κ2) is 60.0. The van der Waals surface area contributed by atoms with Crippen LogP contribution in [0.2, 0.25) is 0 Å². The van der Waals surface area contributed by atoms with E-state index in [1.165, 1.54) is 276 Å². The van der Waals surface area contributed by atoms with E-state index in [2.05, 4.69) is 20.8 Å². The molecule has 6 nitrogen and oxygen atoms in total. The Morgan fingerprint density at radius 3 is 0.571 bits per heavy atom. The first-order valence-corrected chi connectivity index (χ1v) is 32.0. The van der Waals surface area contributed by atoms with Crippen molar-refractivity contribution < 1.29 is 28.6 Å². The SMILES string of the molecule is CCCCCCCCCCCCCCCCCCCCCCCCCCC(=O)OCC(COC(=O)CCCCCCCCCCCCCCC)OC(=O)CCCCCCCCCCCCCCCCC. The van der Waals surface area contributed by atoms with Crippen molar-refractivity contribution in [3.8, 4) is 0 Å². The maximum atomic E-state index is 12.9. The van der Waals surface area contributed by atoms with Crippen LogP contribution in [0.1, 0.15) is 374 Å². The van der Waals surface area contributed by atoms with Gasteiger partial charge in [0.1, 0.15) is 13.2 Å². The van der Waals surface area contributed by atoms with Crippen molar-refractivity contribution in [2.45, 2.75) is 380 Å². The Morgan fingerprint density at radius 1 is 0.229 bits per heavy atom. The summed E-state index contributed by atoms with van der Waals surface area (Å²) in [5.74, 6) is -0.827. The van der Waals surface area contributed by atoms with Crippen LogP contribution >= 0.6 is 0 Å². The zero-order chi connectivity index (χ0) is 50.7. The maximum Gasteiger partial charge on any atom is 0.306 e. The fourth-order valence-corrected chi connectivity index (χ4v) is 10.0. The number of ether oxygens (including phenoxy) is 3. The number of hydrogen-bond acceptors (Lipinski definition) is 6. The molecule has 0 aromatic carbocycles. The first-order valence-electron chi connectivity index (χ1n) is 32.0. The van der Waals surface area contributed by atoms with Gasteiger partial charge in [0.2, 0.25) is 0 Å². The average Bonchev–Trinajstić information content (AvgIpc) is 3.36. The molecule has 0 N–H and O–H groups in total. The molecule has 0 saturated heterocycles. The van der Waals surface area contributed by atoms with Crippen molar-refractivity contribution in [3.05, 3.63) is 0 Å². The van der Waals surface area contributed by atoms with Crippen LogP contribution in [0.4, 0.5) is 0 Å². The van der Waals surface area contributed by atoms with Gasteiger partial charge in [-0.3, -0.25) is 14.4 Å². The molecule has 0 saturated carbocycles. The zero-order valence-electron chi connectivity index (χ0n) is 47.8. The van der Waals surface area contributed by atoms with Gasteiger partial charge < -0.3 is 14.2 Å². The fourth-order valence-electron chi connectivity index (χ4n) is 10.0. The van der Waals surface area contributed by atoms with Crippen LogP contribution in [0.25, 0.3) is 0 Å². The highest BCUT2D eigenvalue weighted by Crippen LogP contribution is 2.19. The molecule has 0 rings (SSSR count). The molecule has 0 radical (unpaired) electrons. The third-order valence-corrected chi connectivity index (χ3v) is 14.9. The van der Waals surface area contributed by atoms with E-state index in [1.54, 1.807) is 0 Å². The lowest BCUT2D eigenvalue weighted by Crippen LogP contribution is -2.30. The molecule has 416 valence electrons. The van der Waals surface area contributed by atoms with Crippen molar-refractivity contribution >= 4 is 17.9 Å². The number of carbonyl (C=O) groups is 3. The van der Waals surface area contributed by atoms with Crippen LogP contribution in [0.3, 0.4) is 0 Å². The predicted octanol–water partition coefficient (Wildman–Crippen LogP) is 21.5. The molecule has 0 aromatic rings. The topological polar surface area (TPSA) is 78.9 Å². The largest absolute Gasteiger partial charge is 0.462 e. The van der Waals surface area contributed by atoms with E-state index in [0.717, 1.165) is 57.8 Å².